The molecule has 1 fully saturated rings. The Balaban J connectivity index is 1.67. The normalized spacial score (nSPS) is 27.8. The van der Waals surface area contributed by atoms with Crippen LogP contribution in [0, 0.1) is 11.8 Å². The summed E-state index contributed by atoms with van der Waals surface area (Å²) in [4.78, 5) is 0. The van der Waals surface area contributed by atoms with E-state index >= 15 is 0 Å². The average Bonchev–Trinajstić information content (AvgIpc) is 2.30. The Morgan fingerprint density at radius 2 is 2.07 bits per heavy atom. The van der Waals surface area contributed by atoms with Gasteiger partial charge in [-0.15, -0.1) is 0 Å². The van der Waals surface area contributed by atoms with Crippen molar-refractivity contribution in [3.8, 4) is 0 Å². The molecule has 0 aromatic carbocycles. The predicted octanol–water partition coefficient (Wildman–Crippen LogP) is 3.47. The van der Waals surface area contributed by atoms with Gasteiger partial charge in [0.15, 0.2) is 0 Å². The van der Waals surface area contributed by atoms with Gasteiger partial charge in [0, 0.05) is 5.03 Å². The smallest absolute Gasteiger partial charge is 0.0363 e. The summed E-state index contributed by atoms with van der Waals surface area (Å²) < 4.78 is 0. The van der Waals surface area contributed by atoms with Crippen LogP contribution in [0.25, 0.3) is 0 Å². The zero-order valence-electron chi connectivity index (χ0n) is 9.21. The van der Waals surface area contributed by atoms with Gasteiger partial charge >= 0.3 is 0 Å². The van der Waals surface area contributed by atoms with Gasteiger partial charge < -0.3 is 5.32 Å². The topological polar surface area (TPSA) is 12.0 Å². The summed E-state index contributed by atoms with van der Waals surface area (Å²) >= 11 is 5.90. The average molecular weight is 226 g/mol. The van der Waals surface area contributed by atoms with E-state index < -0.39 is 0 Å². The molecule has 15 heavy (non-hydrogen) atoms. The molecule has 0 aromatic rings. The molecular formula is C13H20ClN. The first kappa shape index (κ1) is 11.2. The molecule has 1 nitrogen and oxygen atoms in total. The van der Waals surface area contributed by atoms with Gasteiger partial charge in [0.25, 0.3) is 0 Å². The predicted molar refractivity (Wildman–Crippen MR) is 66.0 cm³/mol. The standard InChI is InChI=1S/C13H20ClN/c14-13-5-3-11(4-6-13)1-2-12-7-9-15-10-8-12/h3,5-6,11-12,15H,1-2,4,7-10H2. The highest BCUT2D eigenvalue weighted by atomic mass is 35.5. The second-order valence-corrected chi connectivity index (χ2v) is 5.15. The third kappa shape index (κ3) is 3.66. The number of hydrogen-bond donors (Lipinski definition) is 1. The largest absolute Gasteiger partial charge is 0.317 e. The fourth-order valence-corrected chi connectivity index (χ4v) is 2.63. The Kier molecular flexibility index (Phi) is 4.28. The van der Waals surface area contributed by atoms with E-state index in [1.807, 2.05) is 0 Å². The maximum Gasteiger partial charge on any atom is 0.0363 e. The highest BCUT2D eigenvalue weighted by Gasteiger charge is 2.15. The number of halogens is 1. The lowest BCUT2D eigenvalue weighted by atomic mass is 9.87. The third-order valence-electron chi connectivity index (χ3n) is 3.55. The highest BCUT2D eigenvalue weighted by molar-refractivity contribution is 6.31. The van der Waals surface area contributed by atoms with Gasteiger partial charge in [0.2, 0.25) is 0 Å². The van der Waals surface area contributed by atoms with E-state index in [2.05, 4.69) is 23.5 Å². The Hall–Kier alpha value is -0.270. The molecule has 0 saturated carbocycles. The maximum absolute atomic E-state index is 5.90. The fraction of sp³-hybridized carbons (Fsp3) is 0.692. The lowest BCUT2D eigenvalue weighted by Gasteiger charge is -2.24. The molecule has 1 unspecified atom stereocenters. The van der Waals surface area contributed by atoms with Crippen molar-refractivity contribution in [3.63, 3.8) is 0 Å². The fourth-order valence-electron chi connectivity index (χ4n) is 2.47. The number of rotatable bonds is 3. The van der Waals surface area contributed by atoms with Gasteiger partial charge in [-0.25, -0.2) is 0 Å². The van der Waals surface area contributed by atoms with Gasteiger partial charge in [-0.05, 0) is 63.1 Å². The molecule has 0 spiro atoms. The molecule has 0 aromatic heterocycles. The molecule has 1 N–H and O–H groups in total. The van der Waals surface area contributed by atoms with E-state index in [1.54, 1.807) is 0 Å². The molecule has 2 heteroatoms. The monoisotopic (exact) mass is 225 g/mol. The van der Waals surface area contributed by atoms with Gasteiger partial charge in [-0.2, -0.15) is 0 Å². The summed E-state index contributed by atoms with van der Waals surface area (Å²) in [6, 6.07) is 0. The molecule has 1 aliphatic carbocycles. The first-order valence-electron chi connectivity index (χ1n) is 6.09. The van der Waals surface area contributed by atoms with Crippen LogP contribution in [0.1, 0.15) is 32.1 Å². The molecule has 2 aliphatic rings. The molecule has 1 aliphatic heterocycles. The lowest BCUT2D eigenvalue weighted by molar-refractivity contribution is 0.332. The maximum atomic E-state index is 5.90. The molecule has 1 saturated heterocycles. The first-order chi connectivity index (χ1) is 7.34. The van der Waals surface area contributed by atoms with Crippen LogP contribution in [-0.4, -0.2) is 13.1 Å². The van der Waals surface area contributed by atoms with Crippen molar-refractivity contribution in [2.24, 2.45) is 11.8 Å². The van der Waals surface area contributed by atoms with Crippen LogP contribution in [0.3, 0.4) is 0 Å². The zero-order chi connectivity index (χ0) is 10.5. The van der Waals surface area contributed by atoms with Crippen molar-refractivity contribution in [2.75, 3.05) is 13.1 Å². The van der Waals surface area contributed by atoms with Crippen molar-refractivity contribution < 1.29 is 0 Å². The zero-order valence-corrected chi connectivity index (χ0v) is 9.97. The number of hydrogen-bond acceptors (Lipinski definition) is 1. The molecule has 1 heterocycles. The summed E-state index contributed by atoms with van der Waals surface area (Å²) in [7, 11) is 0. The molecule has 1 atom stereocenters. The van der Waals surface area contributed by atoms with Crippen molar-refractivity contribution in [1.82, 2.24) is 5.32 Å². The van der Waals surface area contributed by atoms with Gasteiger partial charge in [-0.1, -0.05) is 23.8 Å². The molecular weight excluding hydrogens is 206 g/mol. The Labute approximate surface area is 97.6 Å². The minimum atomic E-state index is 0.738. The van der Waals surface area contributed by atoms with E-state index in [0.29, 0.717) is 0 Å². The van der Waals surface area contributed by atoms with Crippen molar-refractivity contribution in [1.29, 1.82) is 0 Å². The van der Waals surface area contributed by atoms with Crippen LogP contribution in [-0.2, 0) is 0 Å². The highest BCUT2D eigenvalue weighted by Crippen LogP contribution is 2.26. The van der Waals surface area contributed by atoms with Crippen LogP contribution in [0.5, 0.6) is 0 Å². The summed E-state index contributed by atoms with van der Waals surface area (Å²) in [5, 5.41) is 4.33. The number of allylic oxidation sites excluding steroid dienone is 4. The van der Waals surface area contributed by atoms with Crippen LogP contribution >= 0.6 is 11.6 Å². The second-order valence-electron chi connectivity index (χ2n) is 4.71. The van der Waals surface area contributed by atoms with E-state index in [-0.39, 0.29) is 0 Å². The lowest BCUT2D eigenvalue weighted by Crippen LogP contribution is -2.27. The molecule has 0 radical (unpaired) electrons. The van der Waals surface area contributed by atoms with E-state index in [9.17, 15) is 0 Å². The van der Waals surface area contributed by atoms with Gasteiger partial charge in [-0.3, -0.25) is 0 Å². The molecule has 0 amide bonds. The number of piperidine rings is 1. The number of nitrogens with one attached hydrogen (secondary N) is 1. The van der Waals surface area contributed by atoms with E-state index in [1.165, 1.54) is 38.8 Å². The quantitative estimate of drug-likeness (QED) is 0.776. The second kappa shape index (κ2) is 5.72. The Bertz CT molecular complexity index is 251. The van der Waals surface area contributed by atoms with Crippen LogP contribution < -0.4 is 5.32 Å². The molecule has 0 bridgehead atoms. The summed E-state index contributed by atoms with van der Waals surface area (Å²) in [5.41, 5.74) is 0. The Morgan fingerprint density at radius 1 is 1.27 bits per heavy atom. The van der Waals surface area contributed by atoms with E-state index in [4.69, 9.17) is 11.6 Å². The summed E-state index contributed by atoms with van der Waals surface area (Å²) in [6.45, 7) is 2.44. The third-order valence-corrected chi connectivity index (χ3v) is 3.83. The summed E-state index contributed by atoms with van der Waals surface area (Å²) in [6.07, 6.45) is 13.1. The summed E-state index contributed by atoms with van der Waals surface area (Å²) in [5.74, 6) is 1.70. The van der Waals surface area contributed by atoms with Crippen molar-refractivity contribution >= 4 is 11.6 Å². The Morgan fingerprint density at radius 3 is 2.73 bits per heavy atom. The van der Waals surface area contributed by atoms with Gasteiger partial charge in [0.1, 0.15) is 0 Å². The van der Waals surface area contributed by atoms with Crippen LogP contribution in [0.2, 0.25) is 0 Å². The van der Waals surface area contributed by atoms with Crippen molar-refractivity contribution in [3.05, 3.63) is 23.3 Å². The van der Waals surface area contributed by atoms with Crippen LogP contribution in [0.15, 0.2) is 23.3 Å². The van der Waals surface area contributed by atoms with Crippen molar-refractivity contribution in [2.45, 2.75) is 32.1 Å². The SMILES string of the molecule is ClC1=CCC(CCC2CCNCC2)C=C1. The van der Waals surface area contributed by atoms with Crippen LogP contribution in [0.4, 0.5) is 0 Å². The van der Waals surface area contributed by atoms with Gasteiger partial charge in [0.05, 0.1) is 0 Å². The van der Waals surface area contributed by atoms with E-state index in [0.717, 1.165) is 23.3 Å². The molecule has 84 valence electrons. The molecule has 2 rings (SSSR count). The minimum Gasteiger partial charge on any atom is -0.317 e. The minimum absolute atomic E-state index is 0.738. The first-order valence-corrected chi connectivity index (χ1v) is 6.47.